The summed E-state index contributed by atoms with van der Waals surface area (Å²) in [6.45, 7) is 2.50. The fourth-order valence-corrected chi connectivity index (χ4v) is 2.47. The minimum absolute atomic E-state index is 0.201. The highest BCUT2D eigenvalue weighted by molar-refractivity contribution is 5.72. The van der Waals surface area contributed by atoms with Gasteiger partial charge in [0, 0.05) is 19.7 Å². The van der Waals surface area contributed by atoms with Crippen LogP contribution >= 0.6 is 0 Å². The molecule has 1 aromatic carbocycles. The van der Waals surface area contributed by atoms with Crippen LogP contribution in [0.25, 0.3) is 0 Å². The van der Waals surface area contributed by atoms with Crippen molar-refractivity contribution < 1.29 is 14.3 Å². The molecule has 0 radical (unpaired) electrons. The maximum absolute atomic E-state index is 11.4. The van der Waals surface area contributed by atoms with Crippen molar-refractivity contribution in [2.75, 3.05) is 20.3 Å². The standard InChI is InChI=1S/C16H23NO3/c1-19-16(18)10-13-6-2-3-7-14(13)11-17-12-15-8-4-5-9-20-15/h2-3,6-7,15,17H,4-5,8-12H2,1H3. The van der Waals surface area contributed by atoms with Gasteiger partial charge in [-0.15, -0.1) is 0 Å². The first-order valence-electron chi connectivity index (χ1n) is 7.25. The maximum Gasteiger partial charge on any atom is 0.309 e. The van der Waals surface area contributed by atoms with Gasteiger partial charge in [-0.1, -0.05) is 24.3 Å². The van der Waals surface area contributed by atoms with Crippen LogP contribution in [0.2, 0.25) is 0 Å². The monoisotopic (exact) mass is 277 g/mol. The Hall–Kier alpha value is -1.39. The van der Waals surface area contributed by atoms with Crippen molar-refractivity contribution in [1.29, 1.82) is 0 Å². The highest BCUT2D eigenvalue weighted by Crippen LogP contribution is 2.13. The first-order valence-corrected chi connectivity index (χ1v) is 7.25. The van der Waals surface area contributed by atoms with E-state index in [0.29, 0.717) is 12.5 Å². The maximum atomic E-state index is 11.4. The summed E-state index contributed by atoms with van der Waals surface area (Å²) >= 11 is 0. The van der Waals surface area contributed by atoms with E-state index in [2.05, 4.69) is 5.32 Å². The number of benzene rings is 1. The second kappa shape index (κ2) is 8.02. The smallest absolute Gasteiger partial charge is 0.309 e. The van der Waals surface area contributed by atoms with Crippen LogP contribution in [0, 0.1) is 0 Å². The summed E-state index contributed by atoms with van der Waals surface area (Å²) in [5.41, 5.74) is 2.17. The molecule has 0 amide bonds. The van der Waals surface area contributed by atoms with Crippen LogP contribution in [0.3, 0.4) is 0 Å². The van der Waals surface area contributed by atoms with Crippen LogP contribution in [-0.2, 0) is 27.2 Å². The summed E-state index contributed by atoms with van der Waals surface area (Å²) in [4.78, 5) is 11.4. The lowest BCUT2D eigenvalue weighted by Crippen LogP contribution is -2.31. The quantitative estimate of drug-likeness (QED) is 0.809. The molecular weight excluding hydrogens is 254 g/mol. The molecule has 0 saturated carbocycles. The molecule has 4 heteroatoms. The molecule has 0 spiro atoms. The summed E-state index contributed by atoms with van der Waals surface area (Å²) in [6, 6.07) is 7.97. The third kappa shape index (κ3) is 4.62. The van der Waals surface area contributed by atoms with Gasteiger partial charge >= 0.3 is 5.97 Å². The van der Waals surface area contributed by atoms with E-state index in [0.717, 1.165) is 37.2 Å². The van der Waals surface area contributed by atoms with Crippen LogP contribution in [0.1, 0.15) is 30.4 Å². The summed E-state index contributed by atoms with van der Waals surface area (Å²) in [5, 5.41) is 3.43. The first kappa shape index (κ1) is 15.0. The largest absolute Gasteiger partial charge is 0.469 e. The summed E-state index contributed by atoms with van der Waals surface area (Å²) in [7, 11) is 1.42. The molecule has 1 fully saturated rings. The van der Waals surface area contributed by atoms with Crippen molar-refractivity contribution in [2.45, 2.75) is 38.3 Å². The lowest BCUT2D eigenvalue weighted by atomic mass is 10.0. The molecule has 4 nitrogen and oxygen atoms in total. The normalized spacial score (nSPS) is 18.8. The van der Waals surface area contributed by atoms with Crippen LogP contribution in [0.4, 0.5) is 0 Å². The van der Waals surface area contributed by atoms with Crippen molar-refractivity contribution in [3.8, 4) is 0 Å². The topological polar surface area (TPSA) is 47.6 Å². The molecule has 1 aliphatic heterocycles. The third-order valence-corrected chi connectivity index (χ3v) is 3.64. The Balaban J connectivity index is 1.83. The number of hydrogen-bond donors (Lipinski definition) is 1. The zero-order valence-electron chi connectivity index (χ0n) is 12.1. The molecule has 1 aliphatic rings. The molecule has 0 aliphatic carbocycles. The van der Waals surface area contributed by atoms with Crippen LogP contribution < -0.4 is 5.32 Å². The second-order valence-electron chi connectivity index (χ2n) is 5.14. The third-order valence-electron chi connectivity index (χ3n) is 3.64. The molecule has 2 rings (SSSR count). The average Bonchev–Trinajstić information content (AvgIpc) is 2.50. The lowest BCUT2D eigenvalue weighted by Gasteiger charge is -2.23. The fraction of sp³-hybridized carbons (Fsp3) is 0.562. The summed E-state index contributed by atoms with van der Waals surface area (Å²) in [6.07, 6.45) is 4.23. The highest BCUT2D eigenvalue weighted by atomic mass is 16.5. The molecule has 1 N–H and O–H groups in total. The molecule has 20 heavy (non-hydrogen) atoms. The first-order chi connectivity index (χ1) is 9.79. The van der Waals surface area contributed by atoms with Gasteiger partial charge in [-0.25, -0.2) is 0 Å². The molecule has 1 atom stereocenters. The number of nitrogens with one attached hydrogen (secondary N) is 1. The van der Waals surface area contributed by atoms with Crippen LogP contribution in [0.5, 0.6) is 0 Å². The van der Waals surface area contributed by atoms with Crippen molar-refractivity contribution in [2.24, 2.45) is 0 Å². The number of hydrogen-bond acceptors (Lipinski definition) is 4. The van der Waals surface area contributed by atoms with Gasteiger partial charge in [0.05, 0.1) is 19.6 Å². The van der Waals surface area contributed by atoms with Crippen molar-refractivity contribution >= 4 is 5.97 Å². The van der Waals surface area contributed by atoms with Gasteiger partial charge in [0.2, 0.25) is 0 Å². The number of esters is 1. The van der Waals surface area contributed by atoms with E-state index >= 15 is 0 Å². The number of rotatable bonds is 6. The van der Waals surface area contributed by atoms with Gasteiger partial charge in [0.15, 0.2) is 0 Å². The molecule has 1 aromatic rings. The Morgan fingerprint density at radius 2 is 2.15 bits per heavy atom. The average molecular weight is 277 g/mol. The van der Waals surface area contributed by atoms with Crippen molar-refractivity contribution in [3.63, 3.8) is 0 Å². The van der Waals surface area contributed by atoms with Gasteiger partial charge < -0.3 is 14.8 Å². The minimum Gasteiger partial charge on any atom is -0.469 e. The second-order valence-corrected chi connectivity index (χ2v) is 5.14. The SMILES string of the molecule is COC(=O)Cc1ccccc1CNCC1CCCCO1. The molecule has 0 bridgehead atoms. The van der Waals surface area contributed by atoms with Crippen molar-refractivity contribution in [3.05, 3.63) is 35.4 Å². The predicted molar refractivity (Wildman–Crippen MR) is 77.5 cm³/mol. The van der Waals surface area contributed by atoms with Gasteiger partial charge in [-0.2, -0.15) is 0 Å². The van der Waals surface area contributed by atoms with Crippen LogP contribution in [-0.4, -0.2) is 32.3 Å². The van der Waals surface area contributed by atoms with Gasteiger partial charge in [-0.05, 0) is 30.4 Å². The minimum atomic E-state index is -0.201. The fourth-order valence-electron chi connectivity index (χ4n) is 2.47. The Bertz CT molecular complexity index is 427. The predicted octanol–water partition coefficient (Wildman–Crippen LogP) is 2.06. The number of carbonyl (C=O) groups is 1. The zero-order valence-corrected chi connectivity index (χ0v) is 12.1. The Labute approximate surface area is 120 Å². The highest BCUT2D eigenvalue weighted by Gasteiger charge is 2.13. The molecular formula is C16H23NO3. The molecule has 1 unspecified atom stereocenters. The van der Waals surface area contributed by atoms with Gasteiger partial charge in [0.1, 0.15) is 0 Å². The molecule has 1 heterocycles. The number of carbonyl (C=O) groups excluding carboxylic acids is 1. The number of methoxy groups -OCH3 is 1. The summed E-state index contributed by atoms with van der Waals surface area (Å²) < 4.78 is 10.4. The molecule has 1 saturated heterocycles. The van der Waals surface area contributed by atoms with Gasteiger partial charge in [-0.3, -0.25) is 4.79 Å². The van der Waals surface area contributed by atoms with E-state index in [-0.39, 0.29) is 5.97 Å². The Kier molecular flexibility index (Phi) is 6.02. The number of ether oxygens (including phenoxy) is 2. The van der Waals surface area contributed by atoms with E-state index < -0.39 is 0 Å². The Morgan fingerprint density at radius 1 is 1.35 bits per heavy atom. The van der Waals surface area contributed by atoms with E-state index in [9.17, 15) is 4.79 Å². The molecule has 110 valence electrons. The van der Waals surface area contributed by atoms with Gasteiger partial charge in [0.25, 0.3) is 0 Å². The molecule has 0 aromatic heterocycles. The van der Waals surface area contributed by atoms with E-state index in [1.807, 2.05) is 24.3 Å². The van der Waals surface area contributed by atoms with Crippen molar-refractivity contribution in [1.82, 2.24) is 5.32 Å². The lowest BCUT2D eigenvalue weighted by molar-refractivity contribution is -0.139. The summed E-state index contributed by atoms with van der Waals surface area (Å²) in [5.74, 6) is -0.201. The van der Waals surface area contributed by atoms with E-state index in [1.54, 1.807) is 0 Å². The Morgan fingerprint density at radius 3 is 2.85 bits per heavy atom. The van der Waals surface area contributed by atoms with Crippen LogP contribution in [0.15, 0.2) is 24.3 Å². The van der Waals surface area contributed by atoms with E-state index in [1.165, 1.54) is 20.0 Å². The van der Waals surface area contributed by atoms with E-state index in [4.69, 9.17) is 9.47 Å². The zero-order chi connectivity index (χ0) is 14.2.